The predicted molar refractivity (Wildman–Crippen MR) is 102 cm³/mol. The summed E-state index contributed by atoms with van der Waals surface area (Å²) >= 11 is 0. The van der Waals surface area contributed by atoms with E-state index in [1.54, 1.807) is 0 Å². The number of nitrogens with one attached hydrogen (secondary N) is 2. The lowest BCUT2D eigenvalue weighted by Crippen LogP contribution is -2.39. The number of morpholine rings is 1. The second kappa shape index (κ2) is 8.78. The van der Waals surface area contributed by atoms with Crippen molar-refractivity contribution in [3.8, 4) is 0 Å². The monoisotopic (exact) mass is 341 g/mol. The number of para-hydroxylation sites is 1. The average molecular weight is 341 g/mol. The van der Waals surface area contributed by atoms with Gasteiger partial charge in [-0.05, 0) is 25.0 Å². The molecule has 0 aliphatic carbocycles. The lowest BCUT2D eigenvalue weighted by molar-refractivity contribution is 0.0398. The molecule has 2 N–H and O–H groups in total. The second-order valence-corrected chi connectivity index (χ2v) is 6.23. The lowest BCUT2D eigenvalue weighted by Gasteiger charge is -2.26. The Morgan fingerprint density at radius 3 is 2.76 bits per heavy atom. The van der Waals surface area contributed by atoms with Crippen molar-refractivity contribution in [2.75, 3.05) is 50.0 Å². The standard InChI is InChI=1S/C19H27N5O/c1-3-16-6-4-5-7-17(16)22-18-14-15(2)21-19(23-18)20-8-9-24-10-12-25-13-11-24/h4-7,14H,3,8-13H2,1-2H3,(H2,20,21,22,23). The van der Waals surface area contributed by atoms with E-state index < -0.39 is 0 Å². The van der Waals surface area contributed by atoms with E-state index in [9.17, 15) is 0 Å². The summed E-state index contributed by atoms with van der Waals surface area (Å²) in [5, 5.41) is 6.77. The molecule has 2 aromatic rings. The van der Waals surface area contributed by atoms with E-state index in [0.717, 1.165) is 63.0 Å². The third-order valence-electron chi connectivity index (χ3n) is 4.33. The summed E-state index contributed by atoms with van der Waals surface area (Å²) in [6, 6.07) is 10.3. The first-order valence-electron chi connectivity index (χ1n) is 8.99. The van der Waals surface area contributed by atoms with Crippen LogP contribution in [0.2, 0.25) is 0 Å². The highest BCUT2D eigenvalue weighted by molar-refractivity contribution is 5.61. The number of hydrogen-bond acceptors (Lipinski definition) is 6. The molecule has 1 aromatic heterocycles. The van der Waals surface area contributed by atoms with Crippen molar-refractivity contribution in [2.24, 2.45) is 0 Å². The number of benzene rings is 1. The molecule has 2 heterocycles. The van der Waals surface area contributed by atoms with Crippen molar-refractivity contribution in [3.63, 3.8) is 0 Å². The van der Waals surface area contributed by atoms with Crippen LogP contribution in [0, 0.1) is 6.92 Å². The number of aryl methyl sites for hydroxylation is 2. The Kier molecular flexibility index (Phi) is 6.19. The highest BCUT2D eigenvalue weighted by Gasteiger charge is 2.10. The third-order valence-corrected chi connectivity index (χ3v) is 4.33. The van der Waals surface area contributed by atoms with Crippen LogP contribution in [-0.4, -0.2) is 54.3 Å². The molecule has 0 unspecified atom stereocenters. The van der Waals surface area contributed by atoms with E-state index in [4.69, 9.17) is 4.74 Å². The lowest BCUT2D eigenvalue weighted by atomic mass is 10.1. The Bertz CT molecular complexity index is 685. The maximum Gasteiger partial charge on any atom is 0.224 e. The van der Waals surface area contributed by atoms with Gasteiger partial charge in [-0.3, -0.25) is 4.90 Å². The zero-order chi connectivity index (χ0) is 17.5. The fourth-order valence-corrected chi connectivity index (χ4v) is 2.95. The van der Waals surface area contributed by atoms with E-state index in [1.165, 1.54) is 5.56 Å². The molecule has 1 aromatic carbocycles. The maximum absolute atomic E-state index is 5.38. The summed E-state index contributed by atoms with van der Waals surface area (Å²) in [7, 11) is 0. The Labute approximate surface area is 149 Å². The number of nitrogens with zero attached hydrogens (tertiary/aromatic N) is 3. The van der Waals surface area contributed by atoms with Gasteiger partial charge in [0.2, 0.25) is 5.95 Å². The summed E-state index contributed by atoms with van der Waals surface area (Å²) in [5.41, 5.74) is 3.32. The third kappa shape index (κ3) is 5.14. The van der Waals surface area contributed by atoms with Crippen LogP contribution >= 0.6 is 0 Å². The van der Waals surface area contributed by atoms with Crippen LogP contribution in [0.15, 0.2) is 30.3 Å². The Hall–Kier alpha value is -2.18. The molecule has 0 saturated carbocycles. The molecule has 1 saturated heterocycles. The first kappa shape index (κ1) is 17.6. The summed E-state index contributed by atoms with van der Waals surface area (Å²) < 4.78 is 5.38. The predicted octanol–water partition coefficient (Wildman–Crippen LogP) is 2.84. The van der Waals surface area contributed by atoms with Gasteiger partial charge in [0.15, 0.2) is 0 Å². The van der Waals surface area contributed by atoms with Gasteiger partial charge < -0.3 is 15.4 Å². The highest BCUT2D eigenvalue weighted by Crippen LogP contribution is 2.21. The SMILES string of the molecule is CCc1ccccc1Nc1cc(C)nc(NCCN2CCOCC2)n1. The highest BCUT2D eigenvalue weighted by atomic mass is 16.5. The van der Waals surface area contributed by atoms with Crippen LogP contribution in [0.3, 0.4) is 0 Å². The van der Waals surface area contributed by atoms with Gasteiger partial charge in [0, 0.05) is 43.6 Å². The fraction of sp³-hybridized carbons (Fsp3) is 0.474. The molecular formula is C19H27N5O. The topological polar surface area (TPSA) is 62.3 Å². The molecule has 0 radical (unpaired) electrons. The smallest absolute Gasteiger partial charge is 0.224 e. The van der Waals surface area contributed by atoms with Gasteiger partial charge in [-0.15, -0.1) is 0 Å². The minimum Gasteiger partial charge on any atom is -0.379 e. The largest absolute Gasteiger partial charge is 0.379 e. The van der Waals surface area contributed by atoms with Crippen LogP contribution in [0.5, 0.6) is 0 Å². The average Bonchev–Trinajstić information content (AvgIpc) is 2.63. The molecule has 0 atom stereocenters. The van der Waals surface area contributed by atoms with Crippen molar-refractivity contribution in [2.45, 2.75) is 20.3 Å². The van der Waals surface area contributed by atoms with Gasteiger partial charge in [-0.2, -0.15) is 4.98 Å². The molecule has 25 heavy (non-hydrogen) atoms. The van der Waals surface area contributed by atoms with E-state index >= 15 is 0 Å². The molecule has 134 valence electrons. The number of ether oxygens (including phenoxy) is 1. The number of hydrogen-bond donors (Lipinski definition) is 2. The Morgan fingerprint density at radius 1 is 1.16 bits per heavy atom. The van der Waals surface area contributed by atoms with Gasteiger partial charge in [-0.1, -0.05) is 25.1 Å². The van der Waals surface area contributed by atoms with Gasteiger partial charge in [0.05, 0.1) is 13.2 Å². The van der Waals surface area contributed by atoms with Crippen molar-refractivity contribution < 1.29 is 4.74 Å². The van der Waals surface area contributed by atoms with Gasteiger partial charge >= 0.3 is 0 Å². The van der Waals surface area contributed by atoms with E-state index in [-0.39, 0.29) is 0 Å². The molecule has 0 bridgehead atoms. The molecule has 6 nitrogen and oxygen atoms in total. The molecule has 6 heteroatoms. The maximum atomic E-state index is 5.38. The Balaban J connectivity index is 1.61. The number of aromatic nitrogens is 2. The van der Waals surface area contributed by atoms with Crippen molar-refractivity contribution in [3.05, 3.63) is 41.6 Å². The quantitative estimate of drug-likeness (QED) is 0.807. The zero-order valence-electron chi connectivity index (χ0n) is 15.1. The summed E-state index contributed by atoms with van der Waals surface area (Å²) in [6.45, 7) is 9.60. The molecular weight excluding hydrogens is 314 g/mol. The molecule has 1 aliphatic rings. The van der Waals surface area contributed by atoms with Gasteiger partial charge in [-0.25, -0.2) is 4.98 Å². The van der Waals surface area contributed by atoms with Gasteiger partial charge in [0.1, 0.15) is 5.82 Å². The van der Waals surface area contributed by atoms with Crippen molar-refractivity contribution in [1.82, 2.24) is 14.9 Å². The van der Waals surface area contributed by atoms with E-state index in [2.05, 4.69) is 50.6 Å². The minimum atomic E-state index is 0.671. The van der Waals surface area contributed by atoms with Crippen LogP contribution in [0.4, 0.5) is 17.5 Å². The molecule has 1 aliphatic heterocycles. The molecule has 1 fully saturated rings. The summed E-state index contributed by atoms with van der Waals surface area (Å²) in [6.07, 6.45) is 0.984. The normalized spacial score (nSPS) is 15.1. The first-order valence-corrected chi connectivity index (χ1v) is 8.99. The van der Waals surface area contributed by atoms with E-state index in [1.807, 2.05) is 19.1 Å². The summed E-state index contributed by atoms with van der Waals surface area (Å²) in [5.74, 6) is 1.49. The van der Waals surface area contributed by atoms with E-state index in [0.29, 0.717) is 5.95 Å². The second-order valence-electron chi connectivity index (χ2n) is 6.23. The van der Waals surface area contributed by atoms with Crippen LogP contribution in [0.25, 0.3) is 0 Å². The van der Waals surface area contributed by atoms with Crippen molar-refractivity contribution >= 4 is 17.5 Å². The zero-order valence-corrected chi connectivity index (χ0v) is 15.1. The van der Waals surface area contributed by atoms with Crippen molar-refractivity contribution in [1.29, 1.82) is 0 Å². The Morgan fingerprint density at radius 2 is 1.96 bits per heavy atom. The van der Waals surface area contributed by atoms with Crippen LogP contribution < -0.4 is 10.6 Å². The molecule has 3 rings (SSSR count). The minimum absolute atomic E-state index is 0.671. The van der Waals surface area contributed by atoms with Gasteiger partial charge in [0.25, 0.3) is 0 Å². The fourth-order valence-electron chi connectivity index (χ4n) is 2.95. The van der Waals surface area contributed by atoms with Crippen LogP contribution in [-0.2, 0) is 11.2 Å². The van der Waals surface area contributed by atoms with Crippen LogP contribution in [0.1, 0.15) is 18.2 Å². The molecule has 0 amide bonds. The summed E-state index contributed by atoms with van der Waals surface area (Å²) in [4.78, 5) is 11.5. The number of anilines is 3. The number of rotatable bonds is 7. The first-order chi connectivity index (χ1) is 12.2. The molecule has 0 spiro atoms.